The Kier molecular flexibility index (Phi) is 5.17. The Morgan fingerprint density at radius 1 is 1.35 bits per heavy atom. The van der Waals surface area contributed by atoms with Gasteiger partial charge < -0.3 is 10.2 Å². The molecule has 1 aromatic carbocycles. The van der Waals surface area contributed by atoms with E-state index >= 15 is 0 Å². The van der Waals surface area contributed by atoms with Crippen LogP contribution in [0.1, 0.15) is 23.8 Å². The van der Waals surface area contributed by atoms with Crippen molar-refractivity contribution in [3.8, 4) is 0 Å². The lowest BCUT2D eigenvalue weighted by Crippen LogP contribution is -2.41. The van der Waals surface area contributed by atoms with Crippen LogP contribution in [-0.4, -0.2) is 53.3 Å². The first-order valence-corrected chi connectivity index (χ1v) is 10.1. The second kappa shape index (κ2) is 7.36. The normalized spacial score (nSPS) is 18.5. The zero-order valence-electron chi connectivity index (χ0n) is 14.2. The van der Waals surface area contributed by atoms with Crippen LogP contribution < -0.4 is 5.32 Å². The molecule has 1 saturated heterocycles. The Hall–Kier alpha value is -2.55. The van der Waals surface area contributed by atoms with Crippen molar-refractivity contribution in [1.29, 1.82) is 0 Å². The molecular formula is C17H19FN4O3S. The Bertz CT molecular complexity index is 902. The molecule has 138 valence electrons. The molecule has 0 aliphatic carbocycles. The Labute approximate surface area is 151 Å². The average Bonchev–Trinajstić information content (AvgIpc) is 2.96. The van der Waals surface area contributed by atoms with Crippen molar-refractivity contribution >= 4 is 27.2 Å². The average molecular weight is 378 g/mol. The second-order valence-electron chi connectivity index (χ2n) is 6.07. The van der Waals surface area contributed by atoms with Gasteiger partial charge in [0.1, 0.15) is 17.3 Å². The van der Waals surface area contributed by atoms with Crippen LogP contribution in [0.4, 0.5) is 15.9 Å². The number of amides is 1. The third-order valence-corrected chi connectivity index (χ3v) is 5.97. The molecule has 2 aromatic rings. The third kappa shape index (κ3) is 4.16. The molecule has 7 nitrogen and oxygen atoms in total. The van der Waals surface area contributed by atoms with Crippen molar-refractivity contribution in [1.82, 2.24) is 14.9 Å². The number of hydrogen-bond donors (Lipinski definition) is 1. The number of carbonyl (C=O) groups is 1. The zero-order valence-corrected chi connectivity index (χ0v) is 15.0. The van der Waals surface area contributed by atoms with Gasteiger partial charge in [-0.25, -0.2) is 22.8 Å². The lowest BCUT2D eigenvalue weighted by atomic mass is 10.2. The zero-order chi connectivity index (χ0) is 18.7. The molecule has 0 spiro atoms. The highest BCUT2D eigenvalue weighted by Crippen LogP contribution is 2.20. The molecule has 1 amide bonds. The summed E-state index contributed by atoms with van der Waals surface area (Å²) in [6.45, 7) is 2.19. The van der Waals surface area contributed by atoms with E-state index in [1.54, 1.807) is 19.1 Å². The standard InChI is InChI=1S/C17H19FN4O3S/c1-2-22(14-6-7-26(24,25)11-14)17(23)15-9-20-16(10-19-15)21-13-5-3-4-12(18)8-13/h3-5,8-10,14H,2,6-7,11H2,1H3,(H,20,21). The number of rotatable bonds is 5. The fourth-order valence-corrected chi connectivity index (χ4v) is 4.68. The first-order valence-electron chi connectivity index (χ1n) is 8.24. The summed E-state index contributed by atoms with van der Waals surface area (Å²) in [7, 11) is -3.08. The highest BCUT2D eigenvalue weighted by Gasteiger charge is 2.34. The van der Waals surface area contributed by atoms with E-state index in [9.17, 15) is 17.6 Å². The number of nitrogens with one attached hydrogen (secondary N) is 1. The molecule has 1 atom stereocenters. The van der Waals surface area contributed by atoms with E-state index in [0.717, 1.165) is 0 Å². The summed E-state index contributed by atoms with van der Waals surface area (Å²) in [6, 6.07) is 5.58. The maximum absolute atomic E-state index is 13.2. The van der Waals surface area contributed by atoms with Crippen molar-refractivity contribution in [2.45, 2.75) is 19.4 Å². The highest BCUT2D eigenvalue weighted by molar-refractivity contribution is 7.91. The topological polar surface area (TPSA) is 92.3 Å². The molecule has 1 aromatic heterocycles. The van der Waals surface area contributed by atoms with Gasteiger partial charge in [0, 0.05) is 18.3 Å². The van der Waals surface area contributed by atoms with Crippen molar-refractivity contribution in [3.05, 3.63) is 48.2 Å². The summed E-state index contributed by atoms with van der Waals surface area (Å²) < 4.78 is 36.5. The molecule has 0 saturated carbocycles. The minimum Gasteiger partial charge on any atom is -0.339 e. The summed E-state index contributed by atoms with van der Waals surface area (Å²) in [4.78, 5) is 22.4. The van der Waals surface area contributed by atoms with E-state index in [4.69, 9.17) is 0 Å². The molecule has 1 aliphatic heterocycles. The number of anilines is 2. The van der Waals surface area contributed by atoms with Gasteiger partial charge in [0.2, 0.25) is 0 Å². The highest BCUT2D eigenvalue weighted by atomic mass is 32.2. The maximum atomic E-state index is 13.2. The minimum atomic E-state index is -3.08. The predicted octanol–water partition coefficient (Wildman–Crippen LogP) is 2.01. The first kappa shape index (κ1) is 18.2. The van der Waals surface area contributed by atoms with Gasteiger partial charge in [-0.1, -0.05) is 6.07 Å². The molecular weight excluding hydrogens is 359 g/mol. The van der Waals surface area contributed by atoms with Crippen LogP contribution in [0.15, 0.2) is 36.7 Å². The van der Waals surface area contributed by atoms with Crippen LogP contribution in [0, 0.1) is 5.82 Å². The van der Waals surface area contributed by atoms with Gasteiger partial charge in [-0.15, -0.1) is 0 Å². The largest absolute Gasteiger partial charge is 0.339 e. The van der Waals surface area contributed by atoms with Crippen LogP contribution >= 0.6 is 0 Å². The van der Waals surface area contributed by atoms with E-state index in [0.29, 0.717) is 24.5 Å². The monoisotopic (exact) mass is 378 g/mol. The van der Waals surface area contributed by atoms with E-state index in [-0.39, 0.29) is 35.0 Å². The first-order chi connectivity index (χ1) is 12.4. The van der Waals surface area contributed by atoms with Gasteiger partial charge in [0.15, 0.2) is 9.84 Å². The fraction of sp³-hybridized carbons (Fsp3) is 0.353. The molecule has 1 unspecified atom stereocenters. The van der Waals surface area contributed by atoms with Gasteiger partial charge in [-0.05, 0) is 31.5 Å². The maximum Gasteiger partial charge on any atom is 0.274 e. The smallest absolute Gasteiger partial charge is 0.274 e. The Balaban J connectivity index is 1.71. The molecule has 9 heteroatoms. The van der Waals surface area contributed by atoms with Crippen LogP contribution in [0.3, 0.4) is 0 Å². The molecule has 26 heavy (non-hydrogen) atoms. The summed E-state index contributed by atoms with van der Waals surface area (Å²) in [5, 5.41) is 2.90. The molecule has 2 heterocycles. The number of hydrogen-bond acceptors (Lipinski definition) is 6. The Morgan fingerprint density at radius 3 is 2.73 bits per heavy atom. The summed E-state index contributed by atoms with van der Waals surface area (Å²) in [5.74, 6) is -0.263. The van der Waals surface area contributed by atoms with Gasteiger partial charge >= 0.3 is 0 Å². The van der Waals surface area contributed by atoms with E-state index in [1.807, 2.05) is 0 Å². The van der Waals surface area contributed by atoms with E-state index in [2.05, 4.69) is 15.3 Å². The predicted molar refractivity (Wildman–Crippen MR) is 95.5 cm³/mol. The van der Waals surface area contributed by atoms with Gasteiger partial charge in [-0.3, -0.25) is 4.79 Å². The molecule has 0 radical (unpaired) electrons. The number of sulfone groups is 1. The van der Waals surface area contributed by atoms with E-state index < -0.39 is 9.84 Å². The molecule has 1 N–H and O–H groups in total. The fourth-order valence-electron chi connectivity index (χ4n) is 2.95. The molecule has 3 rings (SSSR count). The SMILES string of the molecule is CCN(C(=O)c1cnc(Nc2cccc(F)c2)cn1)C1CCS(=O)(=O)C1. The number of benzene rings is 1. The van der Waals surface area contributed by atoms with Crippen molar-refractivity contribution in [2.24, 2.45) is 0 Å². The summed E-state index contributed by atoms with van der Waals surface area (Å²) in [6.07, 6.45) is 3.15. The lowest BCUT2D eigenvalue weighted by molar-refractivity contribution is 0.0702. The van der Waals surface area contributed by atoms with Crippen LogP contribution in [0.5, 0.6) is 0 Å². The molecule has 1 aliphatic rings. The molecule has 0 bridgehead atoms. The van der Waals surface area contributed by atoms with Gasteiger partial charge in [0.05, 0.1) is 23.9 Å². The number of halogens is 1. The van der Waals surface area contributed by atoms with Crippen molar-refractivity contribution < 1.29 is 17.6 Å². The lowest BCUT2D eigenvalue weighted by Gasteiger charge is -2.26. The van der Waals surface area contributed by atoms with Gasteiger partial charge in [-0.2, -0.15) is 0 Å². The summed E-state index contributed by atoms with van der Waals surface area (Å²) in [5.41, 5.74) is 0.658. The number of carbonyl (C=O) groups excluding carboxylic acids is 1. The summed E-state index contributed by atoms with van der Waals surface area (Å²) >= 11 is 0. The van der Waals surface area contributed by atoms with Crippen LogP contribution in [0.25, 0.3) is 0 Å². The van der Waals surface area contributed by atoms with Crippen molar-refractivity contribution in [2.75, 3.05) is 23.4 Å². The third-order valence-electron chi connectivity index (χ3n) is 4.22. The number of nitrogens with zero attached hydrogens (tertiary/aromatic N) is 3. The van der Waals surface area contributed by atoms with Crippen LogP contribution in [-0.2, 0) is 9.84 Å². The quantitative estimate of drug-likeness (QED) is 0.856. The molecule has 1 fully saturated rings. The van der Waals surface area contributed by atoms with Crippen molar-refractivity contribution in [3.63, 3.8) is 0 Å². The minimum absolute atomic E-state index is 0.0147. The second-order valence-corrected chi connectivity index (χ2v) is 8.30. The van der Waals surface area contributed by atoms with Gasteiger partial charge in [0.25, 0.3) is 5.91 Å². The van der Waals surface area contributed by atoms with Crippen LogP contribution in [0.2, 0.25) is 0 Å². The number of aromatic nitrogens is 2. The van der Waals surface area contributed by atoms with E-state index in [1.165, 1.54) is 29.4 Å². The Morgan fingerprint density at radius 2 is 2.15 bits per heavy atom.